The average Bonchev–Trinajstić information content (AvgIpc) is 3.34. The fourth-order valence-electron chi connectivity index (χ4n) is 3.83. The molecule has 0 saturated heterocycles. The monoisotopic (exact) mass is 472 g/mol. The normalized spacial score (nSPS) is 14.4. The molecule has 2 N–H and O–H groups in total. The highest BCUT2D eigenvalue weighted by Gasteiger charge is 2.24. The van der Waals surface area contributed by atoms with Gasteiger partial charge in [-0.2, -0.15) is 11.8 Å². The number of carbonyl (C=O) groups is 2. The SMILES string of the molecule is COc1ccc(NC(=O)C(CCSC)NC(=O)c2ccccc2OC)cc1OC1CCCC1. The second kappa shape index (κ2) is 12.4. The summed E-state index contributed by atoms with van der Waals surface area (Å²) in [6.45, 7) is 0. The molecule has 8 heteroatoms. The maximum Gasteiger partial charge on any atom is 0.255 e. The fraction of sp³-hybridized carbons (Fsp3) is 0.440. The van der Waals surface area contributed by atoms with Gasteiger partial charge in [-0.05, 0) is 68.4 Å². The zero-order valence-corrected chi connectivity index (χ0v) is 20.2. The molecule has 2 amide bonds. The lowest BCUT2D eigenvalue weighted by atomic mass is 10.1. The van der Waals surface area contributed by atoms with Crippen molar-refractivity contribution < 1.29 is 23.8 Å². The smallest absolute Gasteiger partial charge is 0.255 e. The van der Waals surface area contributed by atoms with Gasteiger partial charge in [-0.1, -0.05) is 12.1 Å². The predicted octanol–water partition coefficient (Wildman–Crippen LogP) is 4.52. The van der Waals surface area contributed by atoms with Crippen LogP contribution in [0.2, 0.25) is 0 Å². The van der Waals surface area contributed by atoms with E-state index in [4.69, 9.17) is 14.2 Å². The summed E-state index contributed by atoms with van der Waals surface area (Å²) in [6.07, 6.45) is 6.98. The van der Waals surface area contributed by atoms with Crippen LogP contribution in [0, 0.1) is 0 Å². The predicted molar refractivity (Wildman–Crippen MR) is 132 cm³/mol. The first kappa shape index (κ1) is 24.8. The van der Waals surface area contributed by atoms with Crippen LogP contribution < -0.4 is 24.8 Å². The lowest BCUT2D eigenvalue weighted by molar-refractivity contribution is -0.118. The van der Waals surface area contributed by atoms with Gasteiger partial charge in [-0.15, -0.1) is 0 Å². The van der Waals surface area contributed by atoms with E-state index in [-0.39, 0.29) is 17.9 Å². The second-order valence-electron chi connectivity index (χ2n) is 7.89. The van der Waals surface area contributed by atoms with Crippen LogP contribution in [0.1, 0.15) is 42.5 Å². The summed E-state index contributed by atoms with van der Waals surface area (Å²) in [5, 5.41) is 5.78. The Kier molecular flexibility index (Phi) is 9.30. The molecule has 3 rings (SSSR count). The van der Waals surface area contributed by atoms with Gasteiger partial charge in [-0.3, -0.25) is 9.59 Å². The van der Waals surface area contributed by atoms with Gasteiger partial charge < -0.3 is 24.8 Å². The van der Waals surface area contributed by atoms with Gasteiger partial charge in [0.05, 0.1) is 25.9 Å². The highest BCUT2D eigenvalue weighted by molar-refractivity contribution is 7.98. The van der Waals surface area contributed by atoms with Crippen molar-refractivity contribution in [1.29, 1.82) is 0 Å². The Labute approximate surface area is 199 Å². The zero-order valence-electron chi connectivity index (χ0n) is 19.4. The topological polar surface area (TPSA) is 85.9 Å². The van der Waals surface area contributed by atoms with E-state index in [1.807, 2.05) is 6.26 Å². The van der Waals surface area contributed by atoms with Crippen molar-refractivity contribution >= 4 is 29.3 Å². The molecule has 1 saturated carbocycles. The minimum Gasteiger partial charge on any atom is -0.496 e. The van der Waals surface area contributed by atoms with Crippen molar-refractivity contribution in [1.82, 2.24) is 5.32 Å². The molecule has 1 fully saturated rings. The van der Waals surface area contributed by atoms with Crippen molar-refractivity contribution in [2.24, 2.45) is 0 Å². The number of carbonyl (C=O) groups excluding carboxylic acids is 2. The Morgan fingerprint density at radius 2 is 1.76 bits per heavy atom. The number of rotatable bonds is 11. The van der Waals surface area contributed by atoms with Crippen molar-refractivity contribution in [3.8, 4) is 17.2 Å². The van der Waals surface area contributed by atoms with Crippen LogP contribution in [0.25, 0.3) is 0 Å². The number of hydrogen-bond donors (Lipinski definition) is 2. The van der Waals surface area contributed by atoms with Crippen LogP contribution in [0.5, 0.6) is 17.2 Å². The molecule has 0 heterocycles. The molecule has 33 heavy (non-hydrogen) atoms. The van der Waals surface area contributed by atoms with Gasteiger partial charge in [-0.25, -0.2) is 0 Å². The van der Waals surface area contributed by atoms with Gasteiger partial charge in [0.25, 0.3) is 5.91 Å². The van der Waals surface area contributed by atoms with E-state index in [2.05, 4.69) is 10.6 Å². The van der Waals surface area contributed by atoms with E-state index >= 15 is 0 Å². The van der Waals surface area contributed by atoms with Crippen LogP contribution in [-0.4, -0.2) is 50.2 Å². The van der Waals surface area contributed by atoms with Gasteiger partial charge in [0, 0.05) is 11.8 Å². The van der Waals surface area contributed by atoms with Crippen LogP contribution in [0.15, 0.2) is 42.5 Å². The average molecular weight is 473 g/mol. The summed E-state index contributed by atoms with van der Waals surface area (Å²) >= 11 is 1.62. The molecular weight excluding hydrogens is 440 g/mol. The van der Waals surface area contributed by atoms with E-state index in [9.17, 15) is 9.59 Å². The van der Waals surface area contributed by atoms with Crippen LogP contribution >= 0.6 is 11.8 Å². The number of methoxy groups -OCH3 is 2. The summed E-state index contributed by atoms with van der Waals surface area (Å²) in [4.78, 5) is 26.0. The first-order valence-electron chi connectivity index (χ1n) is 11.1. The van der Waals surface area contributed by atoms with E-state index in [0.717, 1.165) is 31.4 Å². The van der Waals surface area contributed by atoms with E-state index in [1.165, 1.54) is 7.11 Å². The third kappa shape index (κ3) is 6.81. The van der Waals surface area contributed by atoms with Crippen molar-refractivity contribution in [3.63, 3.8) is 0 Å². The third-order valence-electron chi connectivity index (χ3n) is 5.61. The molecule has 178 valence electrons. The summed E-state index contributed by atoms with van der Waals surface area (Å²) in [7, 11) is 3.11. The van der Waals surface area contributed by atoms with Gasteiger partial charge in [0.1, 0.15) is 11.8 Å². The summed E-state index contributed by atoms with van der Waals surface area (Å²) in [6, 6.07) is 11.6. The summed E-state index contributed by atoms with van der Waals surface area (Å²) < 4.78 is 16.8. The maximum absolute atomic E-state index is 13.1. The summed E-state index contributed by atoms with van der Waals surface area (Å²) in [5.74, 6) is 1.79. The van der Waals surface area contributed by atoms with Gasteiger partial charge in [0.15, 0.2) is 11.5 Å². The first-order chi connectivity index (χ1) is 16.0. The number of anilines is 1. The highest BCUT2D eigenvalue weighted by atomic mass is 32.2. The van der Waals surface area contributed by atoms with Crippen molar-refractivity contribution in [2.75, 3.05) is 31.5 Å². The molecule has 1 unspecified atom stereocenters. The van der Waals surface area contributed by atoms with Crippen molar-refractivity contribution in [3.05, 3.63) is 48.0 Å². The highest BCUT2D eigenvalue weighted by Crippen LogP contribution is 2.34. The molecule has 1 atom stereocenters. The van der Waals surface area contributed by atoms with E-state index in [1.54, 1.807) is 61.3 Å². The Bertz CT molecular complexity index is 946. The quantitative estimate of drug-likeness (QED) is 0.500. The molecule has 1 aliphatic carbocycles. The molecular formula is C25H32N2O5S. The Morgan fingerprint density at radius 1 is 1.03 bits per heavy atom. The van der Waals surface area contributed by atoms with Crippen molar-refractivity contribution in [2.45, 2.75) is 44.2 Å². The lowest BCUT2D eigenvalue weighted by Crippen LogP contribution is -2.44. The largest absolute Gasteiger partial charge is 0.496 e. The number of nitrogens with one attached hydrogen (secondary N) is 2. The zero-order chi connectivity index (χ0) is 23.6. The second-order valence-corrected chi connectivity index (χ2v) is 8.87. The molecule has 2 aromatic carbocycles. The van der Waals surface area contributed by atoms with Crippen LogP contribution in [0.3, 0.4) is 0 Å². The number of hydrogen-bond acceptors (Lipinski definition) is 6. The van der Waals surface area contributed by atoms with Crippen LogP contribution in [0.4, 0.5) is 5.69 Å². The number of thioether (sulfide) groups is 1. The molecule has 0 bridgehead atoms. The molecule has 0 aromatic heterocycles. The van der Waals surface area contributed by atoms with Crippen LogP contribution in [-0.2, 0) is 4.79 Å². The Balaban J connectivity index is 1.73. The molecule has 7 nitrogen and oxygen atoms in total. The van der Waals surface area contributed by atoms with Gasteiger partial charge >= 0.3 is 0 Å². The molecule has 1 aliphatic rings. The fourth-order valence-corrected chi connectivity index (χ4v) is 4.31. The summed E-state index contributed by atoms with van der Waals surface area (Å²) in [5.41, 5.74) is 0.980. The number of para-hydroxylation sites is 1. The van der Waals surface area contributed by atoms with Gasteiger partial charge in [0.2, 0.25) is 5.91 Å². The van der Waals surface area contributed by atoms with E-state index < -0.39 is 6.04 Å². The third-order valence-corrected chi connectivity index (χ3v) is 6.26. The standard InChI is InChI=1S/C25H32N2O5S/c1-30-21-11-7-6-10-19(21)24(28)27-20(14-15-33-3)25(29)26-17-12-13-22(31-2)23(16-17)32-18-8-4-5-9-18/h6-7,10-13,16,18,20H,4-5,8-9,14-15H2,1-3H3,(H,26,29)(H,27,28). The minimum atomic E-state index is -0.698. The number of benzene rings is 2. The lowest BCUT2D eigenvalue weighted by Gasteiger charge is -2.20. The van der Waals surface area contributed by atoms with E-state index in [0.29, 0.717) is 34.9 Å². The first-order valence-corrected chi connectivity index (χ1v) is 12.5. The number of ether oxygens (including phenoxy) is 3. The molecule has 2 aromatic rings. The molecule has 0 aliphatic heterocycles. The number of amides is 2. The Morgan fingerprint density at radius 3 is 2.45 bits per heavy atom. The Hall–Kier alpha value is -2.87. The maximum atomic E-state index is 13.1. The molecule has 0 spiro atoms. The molecule has 0 radical (unpaired) electrons. The minimum absolute atomic E-state index is 0.166.